The highest BCUT2D eigenvalue weighted by Gasteiger charge is 2.19. The van der Waals surface area contributed by atoms with Crippen molar-refractivity contribution >= 4 is 28.3 Å². The molecule has 0 aliphatic carbocycles. The van der Waals surface area contributed by atoms with Crippen molar-refractivity contribution in [3.63, 3.8) is 0 Å². The van der Waals surface area contributed by atoms with Crippen LogP contribution in [0.5, 0.6) is 11.5 Å². The van der Waals surface area contributed by atoms with Crippen LogP contribution in [-0.4, -0.2) is 31.1 Å². The number of hydrogen-bond donors (Lipinski definition) is 1. The number of aliphatic carboxylic acids is 1. The summed E-state index contributed by atoms with van der Waals surface area (Å²) in [4.78, 5) is 27.5. The minimum atomic E-state index is -1.22. The molecule has 134 valence electrons. The average molecular weight is 363 g/mol. The van der Waals surface area contributed by atoms with Crippen molar-refractivity contribution in [3.8, 4) is 11.5 Å². The van der Waals surface area contributed by atoms with Gasteiger partial charge in [-0.25, -0.2) is 4.98 Å². The third-order valence-corrected chi connectivity index (χ3v) is 4.46. The maximum Gasteiger partial charge on any atom is 0.226 e. The van der Waals surface area contributed by atoms with E-state index in [4.69, 9.17) is 9.47 Å². The number of aryl methyl sites for hydroxylation is 1. The molecule has 1 heterocycles. The Balaban J connectivity index is 2.17. The lowest BCUT2D eigenvalue weighted by molar-refractivity contribution is -0.306. The van der Waals surface area contributed by atoms with Crippen LogP contribution in [0.1, 0.15) is 30.0 Å². The Bertz CT molecular complexity index is 759. The Hall–Kier alpha value is -2.61. The number of anilines is 1. The van der Waals surface area contributed by atoms with Crippen LogP contribution in [-0.2, 0) is 9.59 Å². The van der Waals surface area contributed by atoms with E-state index in [1.165, 1.54) is 25.6 Å². The maximum atomic E-state index is 12.3. The number of thiazole rings is 1. The second-order valence-corrected chi connectivity index (χ2v) is 6.29. The van der Waals surface area contributed by atoms with Crippen LogP contribution in [0, 0.1) is 6.92 Å². The molecule has 0 unspecified atom stereocenters. The summed E-state index contributed by atoms with van der Waals surface area (Å²) in [6.07, 6.45) is -0.290. The molecule has 0 aliphatic heterocycles. The smallest absolute Gasteiger partial charge is 0.226 e. The van der Waals surface area contributed by atoms with Crippen LogP contribution in [0.15, 0.2) is 23.6 Å². The Labute approximate surface area is 149 Å². The van der Waals surface area contributed by atoms with Crippen LogP contribution < -0.4 is 19.9 Å². The zero-order valence-electron chi connectivity index (χ0n) is 14.2. The monoisotopic (exact) mass is 363 g/mol. The highest BCUT2D eigenvalue weighted by atomic mass is 32.1. The van der Waals surface area contributed by atoms with Gasteiger partial charge in [-0.15, -0.1) is 11.3 Å². The van der Waals surface area contributed by atoms with Gasteiger partial charge in [0.2, 0.25) is 5.91 Å². The van der Waals surface area contributed by atoms with Gasteiger partial charge >= 0.3 is 0 Å². The minimum absolute atomic E-state index is 0.0118. The summed E-state index contributed by atoms with van der Waals surface area (Å²) in [5, 5.41) is 16.1. The highest BCUT2D eigenvalue weighted by Crippen LogP contribution is 2.33. The fourth-order valence-electron chi connectivity index (χ4n) is 2.42. The molecule has 0 radical (unpaired) electrons. The second-order valence-electron chi connectivity index (χ2n) is 5.43. The van der Waals surface area contributed by atoms with Gasteiger partial charge in [0.05, 0.1) is 19.9 Å². The van der Waals surface area contributed by atoms with Gasteiger partial charge in [-0.1, -0.05) is 6.07 Å². The predicted molar refractivity (Wildman–Crippen MR) is 92.0 cm³/mol. The Morgan fingerprint density at radius 2 is 1.96 bits per heavy atom. The number of aromatic nitrogens is 1. The molecule has 25 heavy (non-hydrogen) atoms. The van der Waals surface area contributed by atoms with Crippen LogP contribution >= 0.6 is 11.3 Å². The van der Waals surface area contributed by atoms with Crippen LogP contribution in [0.3, 0.4) is 0 Å². The first-order valence-corrected chi connectivity index (χ1v) is 8.44. The summed E-state index contributed by atoms with van der Waals surface area (Å²) >= 11 is 1.32. The number of ether oxygens (including phenoxy) is 2. The number of benzene rings is 1. The Morgan fingerprint density at radius 3 is 2.52 bits per heavy atom. The Morgan fingerprint density at radius 1 is 1.24 bits per heavy atom. The van der Waals surface area contributed by atoms with Gasteiger partial charge < -0.3 is 24.7 Å². The molecule has 2 rings (SSSR count). The highest BCUT2D eigenvalue weighted by molar-refractivity contribution is 7.13. The van der Waals surface area contributed by atoms with Gasteiger partial charge in [-0.2, -0.15) is 0 Å². The number of carboxylic acid groups (broad SMARTS) is 1. The zero-order valence-corrected chi connectivity index (χ0v) is 15.0. The largest absolute Gasteiger partial charge is 0.550 e. The van der Waals surface area contributed by atoms with Crippen molar-refractivity contribution in [2.24, 2.45) is 0 Å². The van der Waals surface area contributed by atoms with Gasteiger partial charge in [0.1, 0.15) is 0 Å². The summed E-state index contributed by atoms with van der Waals surface area (Å²) in [5.74, 6) is -1.08. The maximum absolute atomic E-state index is 12.3. The first-order valence-electron chi connectivity index (χ1n) is 7.56. The number of carbonyl (C=O) groups excluding carboxylic acids is 2. The van der Waals surface area contributed by atoms with Crippen molar-refractivity contribution in [2.45, 2.75) is 25.7 Å². The molecule has 1 atom stereocenters. The molecule has 1 N–H and O–H groups in total. The summed E-state index contributed by atoms with van der Waals surface area (Å²) in [5.41, 5.74) is 1.47. The van der Waals surface area contributed by atoms with E-state index >= 15 is 0 Å². The summed E-state index contributed by atoms with van der Waals surface area (Å²) in [6, 6.07) is 5.07. The Kier molecular flexibility index (Phi) is 6.35. The van der Waals surface area contributed by atoms with Crippen LogP contribution in [0.25, 0.3) is 0 Å². The lowest BCUT2D eigenvalue weighted by Crippen LogP contribution is -2.26. The first kappa shape index (κ1) is 18.7. The number of carbonyl (C=O) groups is 2. The van der Waals surface area contributed by atoms with Crippen molar-refractivity contribution in [1.29, 1.82) is 0 Å². The molecular formula is C17H19N2O5S-. The van der Waals surface area contributed by atoms with Crippen LogP contribution in [0.2, 0.25) is 0 Å². The molecule has 0 aliphatic rings. The number of methoxy groups -OCH3 is 2. The lowest BCUT2D eigenvalue weighted by Gasteiger charge is -2.19. The molecule has 7 nitrogen and oxygen atoms in total. The lowest BCUT2D eigenvalue weighted by atomic mass is 9.92. The van der Waals surface area contributed by atoms with Crippen molar-refractivity contribution in [1.82, 2.24) is 4.98 Å². The third-order valence-electron chi connectivity index (χ3n) is 3.59. The van der Waals surface area contributed by atoms with E-state index < -0.39 is 11.9 Å². The van der Waals surface area contributed by atoms with Gasteiger partial charge in [-0.3, -0.25) is 4.79 Å². The summed E-state index contributed by atoms with van der Waals surface area (Å²) in [7, 11) is 3.01. The topological polar surface area (TPSA) is 101 Å². The quantitative estimate of drug-likeness (QED) is 0.766. The normalized spacial score (nSPS) is 11.6. The minimum Gasteiger partial charge on any atom is -0.550 e. The molecule has 1 amide bonds. The molecule has 0 spiro atoms. The molecule has 0 saturated heterocycles. The molecule has 0 bridgehead atoms. The van der Waals surface area contributed by atoms with E-state index in [0.717, 1.165) is 5.69 Å². The number of hydrogen-bond acceptors (Lipinski definition) is 7. The van der Waals surface area contributed by atoms with Crippen LogP contribution in [0.4, 0.5) is 5.13 Å². The molecule has 1 aromatic heterocycles. The van der Waals surface area contributed by atoms with Gasteiger partial charge in [0.25, 0.3) is 0 Å². The van der Waals surface area contributed by atoms with Crippen molar-refractivity contribution in [2.75, 3.05) is 19.5 Å². The zero-order chi connectivity index (χ0) is 18.4. The summed E-state index contributed by atoms with van der Waals surface area (Å²) < 4.78 is 10.4. The van der Waals surface area contributed by atoms with Crippen molar-refractivity contribution < 1.29 is 24.2 Å². The average Bonchev–Trinajstić information content (AvgIpc) is 2.97. The molecular weight excluding hydrogens is 344 g/mol. The fraction of sp³-hybridized carbons (Fsp3) is 0.353. The van der Waals surface area contributed by atoms with E-state index in [1.807, 2.05) is 12.3 Å². The first-order chi connectivity index (χ1) is 11.9. The SMILES string of the molecule is COc1ccc([C@@H](CC(=O)[O-])CC(=O)Nc2nc(C)cs2)cc1OC. The van der Waals surface area contributed by atoms with Crippen molar-refractivity contribution in [3.05, 3.63) is 34.8 Å². The van der Waals surface area contributed by atoms with E-state index in [2.05, 4.69) is 10.3 Å². The van der Waals surface area contributed by atoms with E-state index in [1.54, 1.807) is 18.2 Å². The number of rotatable bonds is 8. The third kappa shape index (κ3) is 5.18. The van der Waals surface area contributed by atoms with E-state index in [0.29, 0.717) is 22.2 Å². The summed E-state index contributed by atoms with van der Waals surface area (Å²) in [6.45, 7) is 1.83. The number of nitrogens with zero attached hydrogens (tertiary/aromatic N) is 1. The van der Waals surface area contributed by atoms with Gasteiger partial charge in [-0.05, 0) is 37.0 Å². The second kappa shape index (κ2) is 8.48. The molecule has 8 heteroatoms. The molecule has 0 fully saturated rings. The molecule has 0 saturated carbocycles. The molecule has 1 aromatic carbocycles. The number of amides is 1. The fourth-order valence-corrected chi connectivity index (χ4v) is 3.13. The van der Waals surface area contributed by atoms with E-state index in [-0.39, 0.29) is 18.7 Å². The molecule has 2 aromatic rings. The predicted octanol–water partition coefficient (Wildman–Crippen LogP) is 1.72. The van der Waals surface area contributed by atoms with E-state index in [9.17, 15) is 14.7 Å². The standard InChI is InChI=1S/C17H20N2O5S/c1-10-9-25-17(18-10)19-15(20)7-12(8-16(21)22)11-4-5-13(23-2)14(6-11)24-3/h4-6,9,12H,7-8H2,1-3H3,(H,21,22)(H,18,19,20)/p-1/t12-/m1/s1. The van der Waals surface area contributed by atoms with Gasteiger partial charge in [0, 0.05) is 17.8 Å². The number of carboxylic acids is 1. The number of nitrogens with one attached hydrogen (secondary N) is 1. The van der Waals surface area contributed by atoms with Gasteiger partial charge in [0.15, 0.2) is 16.6 Å².